The molecule has 0 unspecified atom stereocenters. The fraction of sp³-hybridized carbons (Fsp3) is 0.500. The summed E-state index contributed by atoms with van der Waals surface area (Å²) < 4.78 is 0. The third kappa shape index (κ3) is 10.6. The lowest BCUT2D eigenvalue weighted by molar-refractivity contribution is 0.721. The highest BCUT2D eigenvalue weighted by Gasteiger charge is 1.95. The van der Waals surface area contributed by atoms with Crippen LogP contribution in [0.5, 0.6) is 0 Å². The van der Waals surface area contributed by atoms with Gasteiger partial charge in [-0.15, -0.1) is 0 Å². The zero-order chi connectivity index (χ0) is 17.3. The van der Waals surface area contributed by atoms with E-state index in [1.54, 1.807) is 12.4 Å². The van der Waals surface area contributed by atoms with E-state index in [2.05, 4.69) is 34.5 Å². The predicted octanol–water partition coefficient (Wildman–Crippen LogP) is 5.19. The molecule has 4 nitrogen and oxygen atoms in total. The van der Waals surface area contributed by atoms with Gasteiger partial charge in [-0.2, -0.15) is 0 Å². The van der Waals surface area contributed by atoms with Gasteiger partial charge in [0.15, 0.2) is 0 Å². The first-order valence-corrected chi connectivity index (χ1v) is 9.13. The summed E-state index contributed by atoms with van der Waals surface area (Å²) >= 11 is 0. The van der Waals surface area contributed by atoms with Gasteiger partial charge in [0.1, 0.15) is 0 Å². The Hall–Kier alpha value is -2.10. The van der Waals surface area contributed by atoms with E-state index in [1.807, 2.05) is 37.2 Å². The maximum atomic E-state index is 4.36. The topological polar surface area (TPSA) is 48.8 Å². The molecule has 0 fully saturated rings. The smallest absolute Gasteiger partial charge is 0.0428 e. The second-order valence-corrected chi connectivity index (χ2v) is 5.87. The molecule has 0 aliphatic carbocycles. The zero-order valence-corrected chi connectivity index (χ0v) is 15.2. The highest BCUT2D eigenvalue weighted by atomic mass is 14.8. The Bertz CT molecular complexity index is 450. The van der Waals surface area contributed by atoms with Gasteiger partial charge in [-0.05, 0) is 36.8 Å². The number of hydrogen-bond donors (Lipinski definition) is 2. The molecule has 0 spiro atoms. The molecule has 1 aliphatic heterocycles. The van der Waals surface area contributed by atoms with E-state index in [0.717, 1.165) is 12.8 Å². The average molecular weight is 329 g/mol. The molecule has 24 heavy (non-hydrogen) atoms. The van der Waals surface area contributed by atoms with Crippen molar-refractivity contribution in [1.82, 2.24) is 10.6 Å². The number of hydrogen-bond acceptors (Lipinski definition) is 4. The molecular formula is C20H32N4. The van der Waals surface area contributed by atoms with E-state index in [9.17, 15) is 0 Å². The normalized spacial score (nSPS) is 15.2. The van der Waals surface area contributed by atoms with E-state index >= 15 is 0 Å². The lowest BCUT2D eigenvalue weighted by Gasteiger charge is -2.02. The first-order chi connectivity index (χ1) is 11.9. The van der Waals surface area contributed by atoms with Crippen LogP contribution >= 0.6 is 0 Å². The van der Waals surface area contributed by atoms with Crippen molar-refractivity contribution in [3.8, 4) is 0 Å². The van der Waals surface area contributed by atoms with E-state index in [0.29, 0.717) is 0 Å². The van der Waals surface area contributed by atoms with Crippen LogP contribution in [0.4, 0.5) is 0 Å². The minimum Gasteiger partial charge on any atom is -0.366 e. The molecule has 0 radical (unpaired) electrons. The van der Waals surface area contributed by atoms with Crippen LogP contribution < -0.4 is 10.6 Å². The van der Waals surface area contributed by atoms with Crippen LogP contribution in [0.25, 0.3) is 0 Å². The van der Waals surface area contributed by atoms with Crippen molar-refractivity contribution in [2.45, 2.75) is 65.2 Å². The van der Waals surface area contributed by atoms with E-state index < -0.39 is 0 Å². The Labute approximate surface area is 147 Å². The van der Waals surface area contributed by atoms with Crippen LogP contribution in [0.15, 0.2) is 58.3 Å². The van der Waals surface area contributed by atoms with Gasteiger partial charge in [0.25, 0.3) is 0 Å². The van der Waals surface area contributed by atoms with Gasteiger partial charge in [0.2, 0.25) is 0 Å². The van der Waals surface area contributed by atoms with Gasteiger partial charge >= 0.3 is 0 Å². The van der Waals surface area contributed by atoms with Crippen molar-refractivity contribution in [3.05, 3.63) is 48.3 Å². The molecule has 0 saturated heterocycles. The third-order valence-corrected chi connectivity index (χ3v) is 3.67. The van der Waals surface area contributed by atoms with Crippen molar-refractivity contribution < 1.29 is 0 Å². The SMILES string of the molecule is CCCCCC1=CNC=CN=CC(CCCCC)=CNC=CN=C1. The first kappa shape index (κ1) is 19.9. The highest BCUT2D eigenvalue weighted by molar-refractivity contribution is 5.79. The lowest BCUT2D eigenvalue weighted by atomic mass is 10.1. The Morgan fingerprint density at radius 2 is 1.17 bits per heavy atom. The summed E-state index contributed by atoms with van der Waals surface area (Å²) in [6.45, 7) is 4.43. The summed E-state index contributed by atoms with van der Waals surface area (Å²) in [6.07, 6.45) is 24.5. The lowest BCUT2D eigenvalue weighted by Crippen LogP contribution is -1.99. The van der Waals surface area contributed by atoms with Gasteiger partial charge in [-0.25, -0.2) is 0 Å². The van der Waals surface area contributed by atoms with Gasteiger partial charge in [0.05, 0.1) is 0 Å². The van der Waals surface area contributed by atoms with E-state index in [4.69, 9.17) is 0 Å². The average Bonchev–Trinajstić information content (AvgIpc) is 2.59. The van der Waals surface area contributed by atoms with Gasteiger partial charge < -0.3 is 10.6 Å². The Kier molecular flexibility index (Phi) is 12.0. The number of aliphatic imine (C=N–C) groups is 2. The molecule has 0 aromatic heterocycles. The monoisotopic (exact) mass is 328 g/mol. The van der Waals surface area contributed by atoms with Crippen molar-refractivity contribution in [3.63, 3.8) is 0 Å². The number of nitrogens with one attached hydrogen (secondary N) is 2. The second kappa shape index (κ2) is 14.5. The molecule has 0 amide bonds. The highest BCUT2D eigenvalue weighted by Crippen LogP contribution is 2.08. The van der Waals surface area contributed by atoms with Crippen LogP contribution in [-0.4, -0.2) is 12.4 Å². The van der Waals surface area contributed by atoms with Crippen molar-refractivity contribution >= 4 is 12.4 Å². The number of allylic oxidation sites excluding steroid dienone is 2. The molecule has 4 heteroatoms. The largest absolute Gasteiger partial charge is 0.366 e. The maximum absolute atomic E-state index is 4.36. The fourth-order valence-corrected chi connectivity index (χ4v) is 2.27. The number of nitrogens with zero attached hydrogens (tertiary/aromatic N) is 2. The van der Waals surface area contributed by atoms with Crippen LogP contribution in [0.1, 0.15) is 65.2 Å². The summed E-state index contributed by atoms with van der Waals surface area (Å²) in [6, 6.07) is 0. The molecular weight excluding hydrogens is 296 g/mol. The number of unbranched alkanes of at least 4 members (excludes halogenated alkanes) is 4. The van der Waals surface area contributed by atoms with Crippen LogP contribution in [0.3, 0.4) is 0 Å². The fourth-order valence-electron chi connectivity index (χ4n) is 2.27. The Morgan fingerprint density at radius 1 is 0.708 bits per heavy atom. The van der Waals surface area contributed by atoms with Crippen molar-refractivity contribution in [2.24, 2.45) is 9.98 Å². The third-order valence-electron chi connectivity index (χ3n) is 3.67. The molecule has 1 heterocycles. The molecule has 0 aromatic carbocycles. The first-order valence-electron chi connectivity index (χ1n) is 9.13. The molecule has 1 aliphatic rings. The Balaban J connectivity index is 2.66. The molecule has 2 N–H and O–H groups in total. The number of rotatable bonds is 8. The molecule has 0 saturated carbocycles. The van der Waals surface area contributed by atoms with Crippen LogP contribution in [-0.2, 0) is 0 Å². The minimum atomic E-state index is 1.03. The van der Waals surface area contributed by atoms with E-state index in [1.165, 1.54) is 49.7 Å². The molecule has 132 valence electrons. The predicted molar refractivity (Wildman–Crippen MR) is 106 cm³/mol. The zero-order valence-electron chi connectivity index (χ0n) is 15.2. The molecule has 0 atom stereocenters. The minimum absolute atomic E-state index is 1.03. The second-order valence-electron chi connectivity index (χ2n) is 5.87. The quantitative estimate of drug-likeness (QED) is 0.602. The summed E-state index contributed by atoms with van der Waals surface area (Å²) in [5.74, 6) is 0. The summed E-state index contributed by atoms with van der Waals surface area (Å²) in [4.78, 5) is 8.71. The van der Waals surface area contributed by atoms with Crippen molar-refractivity contribution in [1.29, 1.82) is 0 Å². The van der Waals surface area contributed by atoms with Crippen LogP contribution in [0, 0.1) is 0 Å². The van der Waals surface area contributed by atoms with Gasteiger partial charge in [0, 0.05) is 49.6 Å². The van der Waals surface area contributed by atoms with Crippen LogP contribution in [0.2, 0.25) is 0 Å². The Morgan fingerprint density at radius 3 is 1.58 bits per heavy atom. The summed E-state index contributed by atoms with van der Waals surface area (Å²) in [7, 11) is 0. The van der Waals surface area contributed by atoms with Gasteiger partial charge in [-0.3, -0.25) is 9.98 Å². The maximum Gasteiger partial charge on any atom is 0.0428 e. The van der Waals surface area contributed by atoms with Crippen molar-refractivity contribution in [2.75, 3.05) is 0 Å². The summed E-state index contributed by atoms with van der Waals surface area (Å²) in [5.41, 5.74) is 2.38. The van der Waals surface area contributed by atoms with E-state index in [-0.39, 0.29) is 0 Å². The molecule has 1 rings (SSSR count). The summed E-state index contributed by atoms with van der Waals surface area (Å²) in [5, 5.41) is 6.35. The molecule has 0 aromatic rings. The van der Waals surface area contributed by atoms with Gasteiger partial charge in [-0.1, -0.05) is 39.5 Å². The standard InChI is InChI=1S/C20H32N4/c1-3-5-7-9-19-15-21-11-13-23-17-20(10-8-6-4-2)18-24-14-12-22-16-19/h11-18,21,24H,3-10H2,1-2H3. The molecule has 0 bridgehead atoms.